The van der Waals surface area contributed by atoms with Gasteiger partial charge in [0, 0.05) is 5.41 Å². The molecule has 6 nitrogen and oxygen atoms in total. The van der Waals surface area contributed by atoms with E-state index in [4.69, 9.17) is 9.47 Å². The van der Waals surface area contributed by atoms with Gasteiger partial charge >= 0.3 is 11.9 Å². The number of esters is 2. The molecular formula is C69H120O6. The highest BCUT2D eigenvalue weighted by atomic mass is 16.6. The lowest BCUT2D eigenvalue weighted by molar-refractivity contribution is -0.156. The van der Waals surface area contributed by atoms with Crippen LogP contribution in [0.3, 0.4) is 0 Å². The molecule has 0 aromatic heterocycles. The molecule has 0 aliphatic rings. The maximum Gasteiger partial charge on any atom is 0.317 e. The van der Waals surface area contributed by atoms with Crippen molar-refractivity contribution in [1.82, 2.24) is 0 Å². The molecule has 0 amide bonds. The Kier molecular flexibility index (Phi) is 32.2. The molecule has 0 aliphatic carbocycles. The number of unbranched alkanes of at least 4 members (excludes halogenated alkanes) is 28. The Morgan fingerprint density at radius 3 is 0.907 bits per heavy atom. The van der Waals surface area contributed by atoms with Crippen molar-refractivity contribution in [2.45, 2.75) is 337 Å². The third kappa shape index (κ3) is 28.4. The lowest BCUT2D eigenvalue weighted by Gasteiger charge is -2.37. The number of ether oxygens (including phenoxy) is 2. The molecule has 0 saturated heterocycles. The SMILES string of the molecule is CCCCCCCCCCCCCCCCCCOC(=O)CC(=O)OCC(CCCCCCCCCCCCCCCC)(Cc1cc(C(C)(C)C)c(O)c(C(C)(C)C)c1)Cc1cc(C(C)(C)C)c(O)c(C(C)(C)C)c1. The summed E-state index contributed by atoms with van der Waals surface area (Å²) in [5, 5.41) is 23.6. The first kappa shape index (κ1) is 68.1. The van der Waals surface area contributed by atoms with E-state index in [1.165, 1.54) is 161 Å². The Balaban J connectivity index is 2.29. The highest BCUT2D eigenvalue weighted by molar-refractivity contribution is 5.91. The van der Waals surface area contributed by atoms with E-state index in [0.29, 0.717) is 30.9 Å². The average molecular weight is 1050 g/mol. The number of carbonyl (C=O) groups excluding carboxylic acids is 2. The fraction of sp³-hybridized carbons (Fsp3) is 0.797. The molecule has 0 saturated carbocycles. The van der Waals surface area contributed by atoms with Crippen LogP contribution >= 0.6 is 0 Å². The number of hydrogen-bond acceptors (Lipinski definition) is 6. The largest absolute Gasteiger partial charge is 0.507 e. The van der Waals surface area contributed by atoms with Crippen LogP contribution in [0.25, 0.3) is 0 Å². The summed E-state index contributed by atoms with van der Waals surface area (Å²) in [6.07, 6.45) is 40.1. The molecule has 0 heterocycles. The minimum Gasteiger partial charge on any atom is -0.507 e. The Hall–Kier alpha value is -3.02. The summed E-state index contributed by atoms with van der Waals surface area (Å²) >= 11 is 0. The van der Waals surface area contributed by atoms with Crippen molar-refractivity contribution in [3.63, 3.8) is 0 Å². The number of benzene rings is 2. The van der Waals surface area contributed by atoms with Gasteiger partial charge in [0.05, 0.1) is 13.2 Å². The zero-order valence-corrected chi connectivity index (χ0v) is 51.8. The summed E-state index contributed by atoms with van der Waals surface area (Å²) < 4.78 is 12.0. The van der Waals surface area contributed by atoms with Crippen molar-refractivity contribution < 1.29 is 29.3 Å². The molecule has 0 atom stereocenters. The monoisotopic (exact) mass is 1040 g/mol. The summed E-state index contributed by atoms with van der Waals surface area (Å²) in [6, 6.07) is 8.72. The predicted molar refractivity (Wildman–Crippen MR) is 322 cm³/mol. The fourth-order valence-electron chi connectivity index (χ4n) is 11.1. The predicted octanol–water partition coefficient (Wildman–Crippen LogP) is 20.7. The molecule has 0 bridgehead atoms. The molecule has 2 N–H and O–H groups in total. The summed E-state index contributed by atoms with van der Waals surface area (Å²) in [6.45, 7) is 30.9. The second-order valence-electron chi connectivity index (χ2n) is 27.6. The molecule has 6 heteroatoms. The van der Waals surface area contributed by atoms with Gasteiger partial charge in [-0.25, -0.2) is 0 Å². The highest BCUT2D eigenvalue weighted by Crippen LogP contribution is 2.45. The van der Waals surface area contributed by atoms with Crippen molar-refractivity contribution in [3.8, 4) is 11.5 Å². The second-order valence-corrected chi connectivity index (χ2v) is 27.6. The fourth-order valence-corrected chi connectivity index (χ4v) is 11.1. The molecule has 0 radical (unpaired) electrons. The molecule has 2 aromatic rings. The summed E-state index contributed by atoms with van der Waals surface area (Å²) in [4.78, 5) is 27.0. The lowest BCUT2D eigenvalue weighted by atomic mass is 9.70. The minimum atomic E-state index is -0.551. The van der Waals surface area contributed by atoms with Crippen LogP contribution in [-0.4, -0.2) is 35.4 Å². The smallest absolute Gasteiger partial charge is 0.317 e. The molecule has 432 valence electrons. The third-order valence-electron chi connectivity index (χ3n) is 15.9. The topological polar surface area (TPSA) is 93.1 Å². The van der Waals surface area contributed by atoms with Crippen molar-refractivity contribution >= 4 is 11.9 Å². The average Bonchev–Trinajstić information content (AvgIpc) is 3.31. The van der Waals surface area contributed by atoms with Crippen molar-refractivity contribution in [2.24, 2.45) is 5.41 Å². The standard InChI is InChI=1S/C69H120O6/c1-15-17-19-21-23-25-27-29-31-32-34-36-38-40-42-44-46-74-61(70)51-62(71)75-54-69(45-43-41-39-37-35-33-30-28-26-24-22-20-18-16-2,52-55-47-57(65(3,4)5)63(72)58(48-55)66(6,7)8)53-56-49-59(67(9,10)11)64(73)60(50-56)68(12,13)14/h47-50,72-73H,15-46,51-54H2,1-14H3. The van der Waals surface area contributed by atoms with E-state index >= 15 is 0 Å². The van der Waals surface area contributed by atoms with Gasteiger partial charge in [-0.3, -0.25) is 9.59 Å². The number of phenols is 2. The van der Waals surface area contributed by atoms with Gasteiger partial charge in [-0.2, -0.15) is 0 Å². The summed E-state index contributed by atoms with van der Waals surface area (Å²) in [5.74, 6) is -0.372. The normalized spacial score (nSPS) is 12.7. The number of hydrogen-bond donors (Lipinski definition) is 2. The number of carbonyl (C=O) groups is 2. The Bertz CT molecular complexity index is 1710. The van der Waals surface area contributed by atoms with E-state index in [0.717, 1.165) is 71.9 Å². The zero-order chi connectivity index (χ0) is 56.0. The van der Waals surface area contributed by atoms with E-state index in [1.807, 2.05) is 0 Å². The number of aromatic hydroxyl groups is 2. The van der Waals surface area contributed by atoms with Crippen molar-refractivity contribution in [1.29, 1.82) is 0 Å². The van der Waals surface area contributed by atoms with Crippen molar-refractivity contribution in [3.05, 3.63) is 57.6 Å². The molecule has 75 heavy (non-hydrogen) atoms. The maximum atomic E-state index is 13.8. The van der Waals surface area contributed by atoms with Crippen LogP contribution in [0.15, 0.2) is 24.3 Å². The third-order valence-corrected chi connectivity index (χ3v) is 15.9. The van der Waals surface area contributed by atoms with Crippen LogP contribution < -0.4 is 0 Å². The van der Waals surface area contributed by atoms with Crippen LogP contribution in [0.4, 0.5) is 0 Å². The molecule has 0 spiro atoms. The van der Waals surface area contributed by atoms with Crippen LogP contribution in [0.5, 0.6) is 11.5 Å². The molecule has 0 unspecified atom stereocenters. The van der Waals surface area contributed by atoms with Crippen LogP contribution in [-0.2, 0) is 53.6 Å². The van der Waals surface area contributed by atoms with Gasteiger partial charge in [0.25, 0.3) is 0 Å². The van der Waals surface area contributed by atoms with E-state index in [9.17, 15) is 19.8 Å². The van der Waals surface area contributed by atoms with E-state index < -0.39 is 23.8 Å². The van der Waals surface area contributed by atoms with Crippen molar-refractivity contribution in [2.75, 3.05) is 13.2 Å². The van der Waals surface area contributed by atoms with Crippen LogP contribution in [0, 0.1) is 5.41 Å². The Labute approximate surface area is 463 Å². The molecule has 2 rings (SSSR count). The Morgan fingerprint density at radius 1 is 0.373 bits per heavy atom. The number of phenolic OH excluding ortho intramolecular Hbond substituents is 2. The number of rotatable bonds is 40. The maximum absolute atomic E-state index is 13.8. The first-order chi connectivity index (χ1) is 35.3. The van der Waals surface area contributed by atoms with Crippen LogP contribution in [0.2, 0.25) is 0 Å². The molecule has 0 aliphatic heterocycles. The highest BCUT2D eigenvalue weighted by Gasteiger charge is 2.37. The first-order valence-electron chi connectivity index (χ1n) is 31.4. The van der Waals surface area contributed by atoms with Gasteiger partial charge in [0.15, 0.2) is 0 Å². The second kappa shape index (κ2) is 35.5. The Morgan fingerprint density at radius 2 is 0.627 bits per heavy atom. The van der Waals surface area contributed by atoms with Gasteiger partial charge in [0.2, 0.25) is 0 Å². The summed E-state index contributed by atoms with van der Waals surface area (Å²) in [5.41, 5.74) is 4.07. The summed E-state index contributed by atoms with van der Waals surface area (Å²) in [7, 11) is 0. The van der Waals surface area contributed by atoms with E-state index in [2.05, 4.69) is 121 Å². The molecular weight excluding hydrogens is 925 g/mol. The van der Waals surface area contributed by atoms with E-state index in [-0.39, 0.29) is 28.3 Å². The first-order valence-corrected chi connectivity index (χ1v) is 31.4. The van der Waals surface area contributed by atoms with E-state index in [1.54, 1.807) is 0 Å². The van der Waals surface area contributed by atoms with Gasteiger partial charge in [-0.15, -0.1) is 0 Å². The van der Waals surface area contributed by atoms with Gasteiger partial charge in [0.1, 0.15) is 17.9 Å². The molecule has 0 fully saturated rings. The zero-order valence-electron chi connectivity index (χ0n) is 51.8. The molecule has 2 aromatic carbocycles. The van der Waals surface area contributed by atoms with Gasteiger partial charge in [-0.05, 0) is 80.7 Å². The lowest BCUT2D eigenvalue weighted by Crippen LogP contribution is -2.35. The minimum absolute atomic E-state index is 0.143. The van der Waals surface area contributed by atoms with Gasteiger partial charge in [-0.1, -0.05) is 307 Å². The van der Waals surface area contributed by atoms with Gasteiger partial charge < -0.3 is 19.7 Å². The quantitative estimate of drug-likeness (QED) is 0.0392. The van der Waals surface area contributed by atoms with Crippen LogP contribution in [0.1, 0.15) is 336 Å².